The summed E-state index contributed by atoms with van der Waals surface area (Å²) >= 11 is 5.90. The molecule has 0 amide bonds. The number of pyridine rings is 1. The number of anilines is 2. The summed E-state index contributed by atoms with van der Waals surface area (Å²) in [4.78, 5) is 18.3. The molecule has 0 bridgehead atoms. The number of benzene rings is 1. The molecule has 3 rings (SSSR count). The Morgan fingerprint density at radius 3 is 2.86 bits per heavy atom. The number of hydrogen-bond acceptors (Lipinski definition) is 5. The average Bonchev–Trinajstić information content (AvgIpc) is 2.51. The van der Waals surface area contributed by atoms with Crippen molar-refractivity contribution in [1.82, 2.24) is 15.0 Å². The first kappa shape index (κ1) is 14.6. The summed E-state index contributed by atoms with van der Waals surface area (Å²) < 4.78 is 13.6. The van der Waals surface area contributed by atoms with E-state index in [2.05, 4.69) is 15.0 Å². The van der Waals surface area contributed by atoms with Gasteiger partial charge in [0, 0.05) is 17.3 Å². The SMILES string of the molecule is CCON(c1cc(F)cc(Cl)c1)c1ncc2ncccc2n1. The number of hydrogen-bond donors (Lipinski definition) is 0. The third-order valence-corrected chi connectivity index (χ3v) is 3.08. The van der Waals surface area contributed by atoms with Crippen LogP contribution in [-0.4, -0.2) is 21.6 Å². The lowest BCUT2D eigenvalue weighted by Gasteiger charge is -2.21. The lowest BCUT2D eigenvalue weighted by molar-refractivity contribution is 0.145. The zero-order chi connectivity index (χ0) is 15.5. The maximum atomic E-state index is 13.6. The summed E-state index contributed by atoms with van der Waals surface area (Å²) in [5.74, 6) is -0.182. The monoisotopic (exact) mass is 318 g/mol. The molecule has 3 aromatic rings. The first-order valence-electron chi connectivity index (χ1n) is 6.64. The molecular formula is C15H12ClFN4O. The van der Waals surface area contributed by atoms with Gasteiger partial charge in [0.1, 0.15) is 11.3 Å². The van der Waals surface area contributed by atoms with Gasteiger partial charge in [0.2, 0.25) is 0 Å². The molecule has 2 aromatic heterocycles. The molecule has 7 heteroatoms. The number of aromatic nitrogens is 3. The van der Waals surface area contributed by atoms with Crippen LogP contribution in [0.15, 0.2) is 42.7 Å². The van der Waals surface area contributed by atoms with Crippen molar-refractivity contribution < 1.29 is 9.23 Å². The van der Waals surface area contributed by atoms with Crippen molar-refractivity contribution in [3.8, 4) is 0 Å². The van der Waals surface area contributed by atoms with Crippen LogP contribution in [0.3, 0.4) is 0 Å². The van der Waals surface area contributed by atoms with Crippen LogP contribution in [0.1, 0.15) is 6.92 Å². The van der Waals surface area contributed by atoms with Gasteiger partial charge in [0.05, 0.1) is 24.0 Å². The van der Waals surface area contributed by atoms with E-state index in [-0.39, 0.29) is 11.0 Å². The Morgan fingerprint density at radius 1 is 1.23 bits per heavy atom. The molecule has 5 nitrogen and oxygen atoms in total. The maximum Gasteiger partial charge on any atom is 0.255 e. The molecular weight excluding hydrogens is 307 g/mol. The molecule has 0 aliphatic heterocycles. The van der Waals surface area contributed by atoms with Crippen LogP contribution < -0.4 is 5.06 Å². The van der Waals surface area contributed by atoms with Crippen molar-refractivity contribution in [3.63, 3.8) is 0 Å². The van der Waals surface area contributed by atoms with Crippen LogP contribution in [0.4, 0.5) is 16.0 Å². The Hall–Kier alpha value is -2.31. The third-order valence-electron chi connectivity index (χ3n) is 2.86. The van der Waals surface area contributed by atoms with E-state index in [1.807, 2.05) is 13.0 Å². The molecule has 0 unspecified atom stereocenters. The minimum absolute atomic E-state index is 0.266. The second-order valence-electron chi connectivity index (χ2n) is 4.42. The average molecular weight is 319 g/mol. The van der Waals surface area contributed by atoms with Crippen molar-refractivity contribution in [2.45, 2.75) is 6.92 Å². The maximum absolute atomic E-state index is 13.6. The molecule has 0 saturated heterocycles. The highest BCUT2D eigenvalue weighted by Gasteiger charge is 2.15. The Morgan fingerprint density at radius 2 is 2.09 bits per heavy atom. The smallest absolute Gasteiger partial charge is 0.255 e. The Kier molecular flexibility index (Phi) is 4.13. The van der Waals surface area contributed by atoms with Crippen LogP contribution in [0.2, 0.25) is 5.02 Å². The molecule has 0 saturated carbocycles. The van der Waals surface area contributed by atoms with Crippen LogP contribution in [0.25, 0.3) is 11.0 Å². The normalized spacial score (nSPS) is 10.9. The van der Waals surface area contributed by atoms with Gasteiger partial charge < -0.3 is 0 Å². The van der Waals surface area contributed by atoms with Gasteiger partial charge in [-0.25, -0.2) is 14.4 Å². The predicted molar refractivity (Wildman–Crippen MR) is 82.5 cm³/mol. The zero-order valence-electron chi connectivity index (χ0n) is 11.7. The number of halogens is 2. The van der Waals surface area contributed by atoms with E-state index < -0.39 is 5.82 Å². The highest BCUT2D eigenvalue weighted by atomic mass is 35.5. The van der Waals surface area contributed by atoms with E-state index >= 15 is 0 Å². The standard InChI is InChI=1S/C15H12ClFN4O/c1-2-22-21(12-7-10(16)6-11(17)8-12)15-19-9-14-13(20-15)4-3-5-18-14/h3-9H,2H2,1H3. The van der Waals surface area contributed by atoms with Crippen LogP contribution in [-0.2, 0) is 4.84 Å². The Labute approximate surface area is 131 Å². The van der Waals surface area contributed by atoms with Crippen molar-refractivity contribution in [2.75, 3.05) is 11.7 Å². The molecule has 112 valence electrons. The van der Waals surface area contributed by atoms with Gasteiger partial charge in [-0.2, -0.15) is 5.06 Å². The van der Waals surface area contributed by atoms with E-state index in [1.54, 1.807) is 24.5 Å². The van der Waals surface area contributed by atoms with Crippen molar-refractivity contribution in [3.05, 3.63) is 53.6 Å². The molecule has 0 N–H and O–H groups in total. The summed E-state index contributed by atoms with van der Waals surface area (Å²) in [6, 6.07) is 7.70. The van der Waals surface area contributed by atoms with Crippen LogP contribution in [0, 0.1) is 5.82 Å². The molecule has 22 heavy (non-hydrogen) atoms. The lowest BCUT2D eigenvalue weighted by Crippen LogP contribution is -2.20. The van der Waals surface area contributed by atoms with Crippen molar-refractivity contribution >= 4 is 34.3 Å². The molecule has 0 atom stereocenters. The van der Waals surface area contributed by atoms with Gasteiger partial charge in [0.15, 0.2) is 0 Å². The van der Waals surface area contributed by atoms with Crippen LogP contribution in [0.5, 0.6) is 0 Å². The fraction of sp³-hybridized carbons (Fsp3) is 0.133. The summed E-state index contributed by atoms with van der Waals surface area (Å²) in [5, 5.41) is 1.61. The molecule has 2 heterocycles. The van der Waals surface area contributed by atoms with Gasteiger partial charge in [-0.3, -0.25) is 9.82 Å². The highest BCUT2D eigenvalue weighted by molar-refractivity contribution is 6.30. The highest BCUT2D eigenvalue weighted by Crippen LogP contribution is 2.27. The largest absolute Gasteiger partial charge is 0.266 e. The molecule has 0 aliphatic rings. The van der Waals surface area contributed by atoms with Crippen LogP contribution >= 0.6 is 11.6 Å². The van der Waals surface area contributed by atoms with E-state index in [4.69, 9.17) is 16.4 Å². The molecule has 0 fully saturated rings. The van der Waals surface area contributed by atoms with E-state index in [0.29, 0.717) is 23.3 Å². The van der Waals surface area contributed by atoms with Gasteiger partial charge in [-0.15, -0.1) is 0 Å². The molecule has 0 spiro atoms. The minimum Gasteiger partial charge on any atom is -0.266 e. The number of fused-ring (bicyclic) bond motifs is 1. The topological polar surface area (TPSA) is 51.1 Å². The van der Waals surface area contributed by atoms with Gasteiger partial charge in [-0.1, -0.05) is 11.6 Å². The van der Waals surface area contributed by atoms with Crippen molar-refractivity contribution in [2.24, 2.45) is 0 Å². The fourth-order valence-electron chi connectivity index (χ4n) is 1.99. The van der Waals surface area contributed by atoms with E-state index in [9.17, 15) is 4.39 Å². The summed E-state index contributed by atoms with van der Waals surface area (Å²) in [7, 11) is 0. The second kappa shape index (κ2) is 6.21. The van der Waals surface area contributed by atoms with Gasteiger partial charge in [-0.05, 0) is 31.2 Å². The Bertz CT molecular complexity index is 794. The first-order chi connectivity index (χ1) is 10.7. The minimum atomic E-state index is -0.463. The molecule has 1 aromatic carbocycles. The third kappa shape index (κ3) is 2.98. The fourth-order valence-corrected chi connectivity index (χ4v) is 2.21. The quantitative estimate of drug-likeness (QED) is 0.683. The van der Waals surface area contributed by atoms with E-state index in [0.717, 1.165) is 0 Å². The summed E-state index contributed by atoms with van der Waals surface area (Å²) in [5.41, 5.74) is 1.75. The lowest BCUT2D eigenvalue weighted by atomic mass is 10.3. The Balaban J connectivity index is 2.08. The first-order valence-corrected chi connectivity index (χ1v) is 7.02. The predicted octanol–water partition coefficient (Wildman–Crippen LogP) is 3.91. The summed E-state index contributed by atoms with van der Waals surface area (Å²) in [6.45, 7) is 2.18. The molecule has 0 radical (unpaired) electrons. The summed E-state index contributed by atoms with van der Waals surface area (Å²) in [6.07, 6.45) is 3.25. The number of rotatable bonds is 4. The second-order valence-corrected chi connectivity index (χ2v) is 4.85. The molecule has 0 aliphatic carbocycles. The van der Waals surface area contributed by atoms with Crippen molar-refractivity contribution in [1.29, 1.82) is 0 Å². The van der Waals surface area contributed by atoms with Gasteiger partial charge >= 0.3 is 0 Å². The number of nitrogens with zero attached hydrogens (tertiary/aromatic N) is 4. The van der Waals surface area contributed by atoms with Gasteiger partial charge in [0.25, 0.3) is 5.95 Å². The zero-order valence-corrected chi connectivity index (χ0v) is 12.5. The van der Waals surface area contributed by atoms with E-state index in [1.165, 1.54) is 17.2 Å².